The molecule has 0 radical (unpaired) electrons. The molecule has 0 fully saturated rings. The number of carbonyl (C=O) groups excluding carboxylic acids is 1. The first-order chi connectivity index (χ1) is 23.6. The fraction of sp³-hybridized carbons (Fsp3) is 0.306. The first-order valence-corrected chi connectivity index (χ1v) is 16.0. The maximum atomic E-state index is 13.8. The smallest absolute Gasteiger partial charge is 0.425 e. The van der Waals surface area contributed by atoms with Crippen molar-refractivity contribution in [3.63, 3.8) is 0 Å². The first kappa shape index (κ1) is 38.2. The van der Waals surface area contributed by atoms with Crippen LogP contribution in [0.5, 0.6) is 11.5 Å². The van der Waals surface area contributed by atoms with Gasteiger partial charge in [0, 0.05) is 33.4 Å². The molecule has 2 aliphatic carbocycles. The number of halogens is 8. The predicted octanol–water partition coefficient (Wildman–Crippen LogP) is 8.33. The number of fused-ring (bicyclic) bond motifs is 6. The third kappa shape index (κ3) is 6.85. The maximum Gasteiger partial charge on any atom is 0.425 e. The molecule has 0 spiro atoms. The molecule has 15 heteroatoms. The average Bonchev–Trinajstić information content (AvgIpc) is 3.47. The van der Waals surface area contributed by atoms with E-state index in [1.54, 1.807) is 19.1 Å². The minimum absolute atomic E-state index is 0.0195. The summed E-state index contributed by atoms with van der Waals surface area (Å²) in [5, 5.41) is 31.0. The topological polar surface area (TPSA) is 105 Å². The number of carbonyl (C=O) groups is 1. The second-order valence-corrected chi connectivity index (χ2v) is 13.2. The molecule has 0 unspecified atom stereocenters. The quantitative estimate of drug-likeness (QED) is 0.129. The van der Waals surface area contributed by atoms with Gasteiger partial charge in [0.2, 0.25) is 11.2 Å². The van der Waals surface area contributed by atoms with Crippen LogP contribution < -0.4 is 9.47 Å². The van der Waals surface area contributed by atoms with Crippen LogP contribution in [0.4, 0.5) is 26.3 Å². The number of alkyl halides is 6. The lowest BCUT2D eigenvalue weighted by molar-refractivity contribution is -0.247. The van der Waals surface area contributed by atoms with E-state index in [9.17, 15) is 46.5 Å². The zero-order valence-corrected chi connectivity index (χ0v) is 28.6. The van der Waals surface area contributed by atoms with Crippen molar-refractivity contribution in [2.75, 3.05) is 19.8 Å². The Hall–Kier alpha value is -4.01. The molecule has 7 nitrogen and oxygen atoms in total. The molecular formula is C36H30Cl2F6O7. The third-order valence-corrected chi connectivity index (χ3v) is 8.75. The van der Waals surface area contributed by atoms with Crippen molar-refractivity contribution in [2.24, 2.45) is 0 Å². The number of esters is 1. The molecule has 272 valence electrons. The van der Waals surface area contributed by atoms with Crippen molar-refractivity contribution < 1.29 is 60.7 Å². The summed E-state index contributed by atoms with van der Waals surface area (Å²) < 4.78 is 97.9. The summed E-state index contributed by atoms with van der Waals surface area (Å²) in [4.78, 5) is 11.4. The van der Waals surface area contributed by atoms with E-state index < -0.39 is 47.3 Å². The number of hydrogen-bond donors (Lipinski definition) is 3. The van der Waals surface area contributed by atoms with E-state index in [1.165, 1.54) is 62.4 Å². The van der Waals surface area contributed by atoms with Gasteiger partial charge in [0.25, 0.3) is 0 Å². The molecule has 0 saturated heterocycles. The van der Waals surface area contributed by atoms with Crippen LogP contribution >= 0.6 is 23.2 Å². The van der Waals surface area contributed by atoms with E-state index >= 15 is 0 Å². The van der Waals surface area contributed by atoms with Gasteiger partial charge in [-0.05, 0) is 56.2 Å². The van der Waals surface area contributed by atoms with Crippen LogP contribution in [-0.2, 0) is 20.7 Å². The summed E-state index contributed by atoms with van der Waals surface area (Å²) in [7, 11) is 0. The van der Waals surface area contributed by atoms with Crippen LogP contribution in [0.2, 0.25) is 10.0 Å². The molecule has 2 aliphatic rings. The average molecular weight is 760 g/mol. The van der Waals surface area contributed by atoms with Crippen molar-refractivity contribution in [1.29, 1.82) is 0 Å². The van der Waals surface area contributed by atoms with Crippen molar-refractivity contribution in [3.8, 4) is 33.8 Å². The number of ether oxygens (including phenoxy) is 3. The molecule has 4 aromatic carbocycles. The van der Waals surface area contributed by atoms with Gasteiger partial charge in [0.15, 0.2) is 6.61 Å². The molecule has 0 aliphatic heterocycles. The molecule has 6 rings (SSSR count). The highest BCUT2D eigenvalue weighted by atomic mass is 35.5. The van der Waals surface area contributed by atoms with E-state index in [1.807, 2.05) is 0 Å². The maximum absolute atomic E-state index is 13.8. The number of benzene rings is 4. The molecule has 0 saturated carbocycles. The van der Waals surface area contributed by atoms with Crippen molar-refractivity contribution in [3.05, 3.63) is 105 Å². The molecule has 0 heterocycles. The molecule has 3 N–H and O–H groups in total. The predicted molar refractivity (Wildman–Crippen MR) is 176 cm³/mol. The van der Waals surface area contributed by atoms with Gasteiger partial charge < -0.3 is 29.5 Å². The van der Waals surface area contributed by atoms with Gasteiger partial charge in [0.1, 0.15) is 18.1 Å². The number of hydrogen-bond acceptors (Lipinski definition) is 7. The van der Waals surface area contributed by atoms with E-state index in [4.69, 9.17) is 37.4 Å². The van der Waals surface area contributed by atoms with Crippen LogP contribution in [0.25, 0.3) is 22.3 Å². The van der Waals surface area contributed by atoms with E-state index in [0.29, 0.717) is 0 Å². The monoisotopic (exact) mass is 758 g/mol. The molecule has 0 amide bonds. The third-order valence-electron chi connectivity index (χ3n) is 8.15. The highest BCUT2D eigenvalue weighted by Gasteiger charge is 2.62. The SMILES string of the molecule is CC(C)(O)COc1cc(Cl)c2c(c1)[C@@](O)(C(F)(F)F)c1ccccc1-2.CCOC(=O)COc1cc(Cl)c2c(c1)[C@@](O)(C(F)(F)F)c1ccccc1-2. The molecule has 0 bridgehead atoms. The van der Waals surface area contributed by atoms with Gasteiger partial charge >= 0.3 is 18.3 Å². The van der Waals surface area contributed by atoms with Gasteiger partial charge in [-0.1, -0.05) is 71.7 Å². The van der Waals surface area contributed by atoms with Crippen molar-refractivity contribution >= 4 is 29.2 Å². The van der Waals surface area contributed by atoms with Crippen LogP contribution in [-0.4, -0.2) is 59.1 Å². The second kappa shape index (κ2) is 13.5. The number of aliphatic hydroxyl groups is 3. The largest absolute Gasteiger partial charge is 0.491 e. The minimum Gasteiger partial charge on any atom is -0.491 e. The fourth-order valence-electron chi connectivity index (χ4n) is 5.99. The second-order valence-electron chi connectivity index (χ2n) is 12.4. The van der Waals surface area contributed by atoms with Gasteiger partial charge in [-0.2, -0.15) is 26.3 Å². The van der Waals surface area contributed by atoms with Gasteiger partial charge in [0.05, 0.1) is 22.3 Å². The minimum atomic E-state index is -4.97. The normalized spacial score (nSPS) is 18.9. The van der Waals surface area contributed by atoms with Crippen LogP contribution in [0.15, 0.2) is 72.8 Å². The Balaban J connectivity index is 0.000000198. The van der Waals surface area contributed by atoms with E-state index in [-0.39, 0.29) is 73.7 Å². The van der Waals surface area contributed by atoms with Crippen LogP contribution in [0.1, 0.15) is 43.0 Å². The standard InChI is InChI=1S/C18H14ClF3O4.C18H16ClF3O3/c1-2-25-15(23)9-26-10-7-13-16(14(19)8-10)11-5-3-4-6-12(11)17(13,24)18(20,21)22;1-16(2,23)9-25-10-7-13-15(14(19)8-10)11-5-3-4-6-12(11)17(13,24)18(20,21)22/h3-8,24H,2,9H2,1H3;3-8,23-24H,9H2,1-2H3/t2*17-/m11/s1. The van der Waals surface area contributed by atoms with E-state index in [2.05, 4.69) is 0 Å². The number of rotatable bonds is 7. The molecule has 4 aromatic rings. The van der Waals surface area contributed by atoms with Gasteiger partial charge in [-0.3, -0.25) is 0 Å². The molecule has 0 aromatic heterocycles. The Kier molecular flexibility index (Phi) is 10.1. The summed E-state index contributed by atoms with van der Waals surface area (Å²) in [6, 6.07) is 16.2. The zero-order chi connectivity index (χ0) is 37.7. The zero-order valence-electron chi connectivity index (χ0n) is 27.0. The van der Waals surface area contributed by atoms with E-state index in [0.717, 1.165) is 12.1 Å². The highest BCUT2D eigenvalue weighted by molar-refractivity contribution is 6.34. The Bertz CT molecular complexity index is 1980. The van der Waals surface area contributed by atoms with Gasteiger partial charge in [-0.25, -0.2) is 4.79 Å². The summed E-state index contributed by atoms with van der Waals surface area (Å²) in [6.45, 7) is 4.15. The van der Waals surface area contributed by atoms with Crippen molar-refractivity contribution in [2.45, 2.75) is 49.9 Å². The summed E-state index contributed by atoms with van der Waals surface area (Å²) in [5.74, 6) is -0.697. The summed E-state index contributed by atoms with van der Waals surface area (Å²) >= 11 is 12.4. The fourth-order valence-corrected chi connectivity index (χ4v) is 6.61. The Labute approximate surface area is 297 Å². The Morgan fingerprint density at radius 3 is 1.51 bits per heavy atom. The lowest BCUT2D eigenvalue weighted by atomic mass is 9.90. The highest BCUT2D eigenvalue weighted by Crippen LogP contribution is 2.59. The van der Waals surface area contributed by atoms with Crippen LogP contribution in [0, 0.1) is 0 Å². The van der Waals surface area contributed by atoms with Gasteiger partial charge in [-0.15, -0.1) is 0 Å². The Morgan fingerprint density at radius 2 is 1.12 bits per heavy atom. The van der Waals surface area contributed by atoms with Crippen molar-refractivity contribution in [1.82, 2.24) is 0 Å². The summed E-state index contributed by atoms with van der Waals surface area (Å²) in [5.41, 5.74) is -8.28. The lowest BCUT2D eigenvalue weighted by Gasteiger charge is -2.28. The molecular weight excluding hydrogens is 729 g/mol. The summed E-state index contributed by atoms with van der Waals surface area (Å²) in [6.07, 6.45) is -9.91. The first-order valence-electron chi connectivity index (χ1n) is 15.2. The molecule has 2 atom stereocenters. The molecule has 51 heavy (non-hydrogen) atoms. The van der Waals surface area contributed by atoms with Crippen LogP contribution in [0.3, 0.4) is 0 Å². The lowest BCUT2D eigenvalue weighted by Crippen LogP contribution is -2.41. The Morgan fingerprint density at radius 1 is 0.706 bits per heavy atom.